The Morgan fingerprint density at radius 3 is 2.53 bits per heavy atom. The highest BCUT2D eigenvalue weighted by atomic mass is 16.7. The van der Waals surface area contributed by atoms with E-state index in [-0.39, 0.29) is 11.9 Å². The second-order valence-corrected chi connectivity index (χ2v) is 4.56. The van der Waals surface area contributed by atoms with Gasteiger partial charge in [0.1, 0.15) is 0 Å². The first-order valence-corrected chi connectivity index (χ1v) is 5.69. The Bertz CT molecular complexity index is 243. The third kappa shape index (κ3) is 3.02. The van der Waals surface area contributed by atoms with Crippen LogP contribution in [0, 0.1) is 11.8 Å². The molecule has 2 rings (SSSR count). The van der Waals surface area contributed by atoms with Gasteiger partial charge in [-0.25, -0.2) is 4.79 Å². The average molecular weight is 210 g/mol. The van der Waals surface area contributed by atoms with E-state index >= 15 is 0 Å². The highest BCUT2D eigenvalue weighted by Crippen LogP contribution is 2.31. The number of likely N-dealkylation sites (tertiary alicyclic amines) is 1. The predicted molar refractivity (Wildman–Crippen MR) is 57.5 cm³/mol. The molecule has 2 aliphatic rings. The zero-order valence-electron chi connectivity index (χ0n) is 9.02. The third-order valence-corrected chi connectivity index (χ3v) is 3.29. The van der Waals surface area contributed by atoms with E-state index in [0.717, 1.165) is 31.8 Å². The maximum Gasteiger partial charge on any atom is 0.338 e. The summed E-state index contributed by atoms with van der Waals surface area (Å²) in [5.41, 5.74) is 0. The lowest BCUT2D eigenvalue weighted by atomic mass is 9.97. The maximum absolute atomic E-state index is 11.4. The minimum atomic E-state index is -0.212. The quantitative estimate of drug-likeness (QED) is 0.398. The highest BCUT2D eigenvalue weighted by molar-refractivity contribution is 5.72. The van der Waals surface area contributed by atoms with Gasteiger partial charge in [-0.1, -0.05) is 5.16 Å². The molecule has 1 aliphatic carbocycles. The van der Waals surface area contributed by atoms with E-state index < -0.39 is 0 Å². The maximum atomic E-state index is 11.4. The van der Waals surface area contributed by atoms with Crippen molar-refractivity contribution >= 4 is 12.7 Å². The van der Waals surface area contributed by atoms with Gasteiger partial charge in [0.15, 0.2) is 0 Å². The summed E-state index contributed by atoms with van der Waals surface area (Å²) in [6.45, 7) is 6.42. The summed E-state index contributed by atoms with van der Waals surface area (Å²) in [7, 11) is 0. The molecule has 0 atom stereocenters. The van der Waals surface area contributed by atoms with Crippen LogP contribution < -0.4 is 0 Å². The molecule has 0 unspecified atom stereocenters. The summed E-state index contributed by atoms with van der Waals surface area (Å²) >= 11 is 0. The number of nitrogens with zero attached hydrogens (tertiary/aromatic N) is 2. The van der Waals surface area contributed by atoms with Crippen molar-refractivity contribution in [1.82, 2.24) is 4.90 Å². The molecule has 4 heteroatoms. The first-order valence-electron chi connectivity index (χ1n) is 5.69. The van der Waals surface area contributed by atoms with Crippen LogP contribution in [-0.2, 0) is 9.63 Å². The summed E-state index contributed by atoms with van der Waals surface area (Å²) in [6, 6.07) is 0. The number of carbonyl (C=O) groups excluding carboxylic acids is 1. The van der Waals surface area contributed by atoms with Crippen LogP contribution >= 0.6 is 0 Å². The van der Waals surface area contributed by atoms with E-state index in [2.05, 4.69) is 21.6 Å². The molecule has 2 fully saturated rings. The SMILES string of the molecule is C=NOC(=O)C1CCN(CC2CC2)CC1. The Morgan fingerprint density at radius 1 is 1.33 bits per heavy atom. The molecule has 1 saturated heterocycles. The van der Waals surface area contributed by atoms with Crippen LogP contribution in [0.3, 0.4) is 0 Å². The molecular weight excluding hydrogens is 192 g/mol. The average Bonchev–Trinajstić information content (AvgIpc) is 3.03. The van der Waals surface area contributed by atoms with Gasteiger partial charge in [0.2, 0.25) is 0 Å². The fourth-order valence-electron chi connectivity index (χ4n) is 2.15. The Hall–Kier alpha value is -0.900. The van der Waals surface area contributed by atoms with Crippen molar-refractivity contribution in [3.05, 3.63) is 0 Å². The lowest BCUT2D eigenvalue weighted by Gasteiger charge is -2.30. The summed E-state index contributed by atoms with van der Waals surface area (Å²) < 4.78 is 0. The summed E-state index contributed by atoms with van der Waals surface area (Å²) in [5, 5.41) is 3.18. The Kier molecular flexibility index (Phi) is 3.36. The number of hydrogen-bond acceptors (Lipinski definition) is 4. The van der Waals surface area contributed by atoms with E-state index in [0.29, 0.717) is 0 Å². The van der Waals surface area contributed by atoms with Crippen LogP contribution in [0.25, 0.3) is 0 Å². The fourth-order valence-corrected chi connectivity index (χ4v) is 2.15. The largest absolute Gasteiger partial charge is 0.338 e. The lowest BCUT2D eigenvalue weighted by molar-refractivity contribution is -0.150. The molecule has 84 valence electrons. The van der Waals surface area contributed by atoms with E-state index in [4.69, 9.17) is 0 Å². The van der Waals surface area contributed by atoms with Crippen LogP contribution in [0.1, 0.15) is 25.7 Å². The number of carbonyl (C=O) groups is 1. The smallest absolute Gasteiger partial charge is 0.319 e. The topological polar surface area (TPSA) is 41.9 Å². The zero-order valence-corrected chi connectivity index (χ0v) is 9.02. The molecule has 0 amide bonds. The molecule has 0 aromatic heterocycles. The second-order valence-electron chi connectivity index (χ2n) is 4.56. The molecule has 1 heterocycles. The van der Waals surface area contributed by atoms with Crippen molar-refractivity contribution in [2.24, 2.45) is 17.0 Å². The molecule has 0 aromatic rings. The zero-order chi connectivity index (χ0) is 10.7. The molecular formula is C11H18N2O2. The fraction of sp³-hybridized carbons (Fsp3) is 0.818. The van der Waals surface area contributed by atoms with Crippen molar-refractivity contribution in [2.75, 3.05) is 19.6 Å². The van der Waals surface area contributed by atoms with Gasteiger partial charge in [-0.3, -0.25) is 0 Å². The van der Waals surface area contributed by atoms with Gasteiger partial charge in [-0.2, -0.15) is 0 Å². The first kappa shape index (κ1) is 10.6. The molecule has 0 aromatic carbocycles. The van der Waals surface area contributed by atoms with E-state index in [1.165, 1.54) is 19.4 Å². The Balaban J connectivity index is 1.70. The lowest BCUT2D eigenvalue weighted by Crippen LogP contribution is -2.37. The van der Waals surface area contributed by atoms with Gasteiger partial charge in [-0.15, -0.1) is 0 Å². The van der Waals surface area contributed by atoms with Gasteiger partial charge in [0.05, 0.1) is 5.92 Å². The summed E-state index contributed by atoms with van der Waals surface area (Å²) in [5.74, 6) is 0.755. The van der Waals surface area contributed by atoms with Crippen LogP contribution in [0.4, 0.5) is 0 Å². The van der Waals surface area contributed by atoms with Crippen molar-refractivity contribution < 1.29 is 9.63 Å². The van der Waals surface area contributed by atoms with Crippen LogP contribution in [0.2, 0.25) is 0 Å². The molecule has 1 aliphatic heterocycles. The highest BCUT2D eigenvalue weighted by Gasteiger charge is 2.30. The van der Waals surface area contributed by atoms with E-state index in [9.17, 15) is 4.79 Å². The van der Waals surface area contributed by atoms with E-state index in [1.54, 1.807) is 0 Å². The number of oxime groups is 1. The number of piperidine rings is 1. The molecule has 15 heavy (non-hydrogen) atoms. The molecule has 0 N–H and O–H groups in total. The van der Waals surface area contributed by atoms with Gasteiger partial charge in [-0.05, 0) is 44.7 Å². The number of hydrogen-bond donors (Lipinski definition) is 0. The van der Waals surface area contributed by atoms with E-state index in [1.807, 2.05) is 0 Å². The Morgan fingerprint density at radius 2 is 2.00 bits per heavy atom. The predicted octanol–water partition coefficient (Wildman–Crippen LogP) is 1.27. The van der Waals surface area contributed by atoms with Crippen molar-refractivity contribution in [3.63, 3.8) is 0 Å². The monoisotopic (exact) mass is 210 g/mol. The van der Waals surface area contributed by atoms with Crippen molar-refractivity contribution in [1.29, 1.82) is 0 Å². The van der Waals surface area contributed by atoms with Crippen LogP contribution in [0.5, 0.6) is 0 Å². The molecule has 0 radical (unpaired) electrons. The summed E-state index contributed by atoms with van der Waals surface area (Å²) in [6.07, 6.45) is 4.59. The molecule has 0 spiro atoms. The van der Waals surface area contributed by atoms with Crippen LogP contribution in [-0.4, -0.2) is 37.2 Å². The first-order chi connectivity index (χ1) is 7.29. The van der Waals surface area contributed by atoms with Gasteiger partial charge >= 0.3 is 5.97 Å². The standard InChI is InChI=1S/C11H18N2O2/c1-12-15-11(14)10-4-6-13(7-5-10)8-9-2-3-9/h9-10H,1-8H2. The second kappa shape index (κ2) is 4.75. The van der Waals surface area contributed by atoms with Crippen LogP contribution in [0.15, 0.2) is 5.16 Å². The number of rotatable bonds is 4. The molecule has 0 bridgehead atoms. The van der Waals surface area contributed by atoms with Gasteiger partial charge in [0, 0.05) is 13.3 Å². The van der Waals surface area contributed by atoms with Crippen molar-refractivity contribution in [3.8, 4) is 0 Å². The Labute approximate surface area is 90.3 Å². The third-order valence-electron chi connectivity index (χ3n) is 3.29. The minimum absolute atomic E-state index is 0.0333. The van der Waals surface area contributed by atoms with Crippen molar-refractivity contribution in [2.45, 2.75) is 25.7 Å². The molecule has 4 nitrogen and oxygen atoms in total. The minimum Gasteiger partial charge on any atom is -0.319 e. The normalized spacial score (nSPS) is 23.7. The molecule has 1 saturated carbocycles. The van der Waals surface area contributed by atoms with Gasteiger partial charge < -0.3 is 9.74 Å². The summed E-state index contributed by atoms with van der Waals surface area (Å²) in [4.78, 5) is 18.4. The van der Waals surface area contributed by atoms with Gasteiger partial charge in [0.25, 0.3) is 0 Å².